The Morgan fingerprint density at radius 3 is 2.56 bits per heavy atom. The van der Waals surface area contributed by atoms with Crippen molar-refractivity contribution in [3.63, 3.8) is 0 Å². The molecule has 6 nitrogen and oxygen atoms in total. The first-order valence-corrected chi connectivity index (χ1v) is 8.02. The number of anilines is 1. The van der Waals surface area contributed by atoms with Crippen LogP contribution in [-0.2, 0) is 4.79 Å². The van der Waals surface area contributed by atoms with Crippen LogP contribution in [0, 0.1) is 0 Å². The van der Waals surface area contributed by atoms with Crippen molar-refractivity contribution in [1.82, 2.24) is 9.99 Å². The van der Waals surface area contributed by atoms with Crippen molar-refractivity contribution in [2.45, 2.75) is 12.8 Å². The van der Waals surface area contributed by atoms with Gasteiger partial charge in [-0.2, -0.15) is 0 Å². The van der Waals surface area contributed by atoms with E-state index in [0.29, 0.717) is 29.8 Å². The molecular weight excluding hydrogens is 316 g/mol. The molecule has 1 amide bonds. The summed E-state index contributed by atoms with van der Waals surface area (Å²) in [6.45, 7) is -0.0968. The summed E-state index contributed by atoms with van der Waals surface area (Å²) in [6.07, 6.45) is 6.24. The van der Waals surface area contributed by atoms with Crippen LogP contribution in [0.15, 0.2) is 71.5 Å². The summed E-state index contributed by atoms with van der Waals surface area (Å²) < 4.78 is 0. The van der Waals surface area contributed by atoms with E-state index in [1.807, 2.05) is 6.07 Å². The standard InChI is InChI=1S/C19H18N4O2/c24-17(15-7-2-1-3-8-15)14-23(22-18-10-4-5-12-21-18)19(25)16-9-6-11-20-13-16/h1-5,7-8,10-13H,6,9,14H2,(H,21,22). The number of nitrogens with one attached hydrogen (secondary N) is 1. The number of nitrogens with zero attached hydrogens (tertiary/aromatic N) is 3. The summed E-state index contributed by atoms with van der Waals surface area (Å²) in [5, 5.41) is 1.30. The fourth-order valence-electron chi connectivity index (χ4n) is 2.43. The Balaban J connectivity index is 1.81. The predicted molar refractivity (Wildman–Crippen MR) is 96.2 cm³/mol. The number of ketones is 1. The maximum absolute atomic E-state index is 12.8. The molecule has 6 heteroatoms. The fourth-order valence-corrected chi connectivity index (χ4v) is 2.43. The normalized spacial score (nSPS) is 13.0. The molecule has 1 N–H and O–H groups in total. The first-order chi connectivity index (χ1) is 12.2. The zero-order valence-electron chi connectivity index (χ0n) is 13.6. The Labute approximate surface area is 145 Å². The number of rotatable bonds is 6. The average Bonchev–Trinajstić information content (AvgIpc) is 2.69. The molecule has 1 aliphatic heterocycles. The van der Waals surface area contributed by atoms with Crippen molar-refractivity contribution >= 4 is 23.7 Å². The van der Waals surface area contributed by atoms with Gasteiger partial charge in [0.1, 0.15) is 12.4 Å². The number of aromatic nitrogens is 1. The summed E-state index contributed by atoms with van der Waals surface area (Å²) >= 11 is 0. The molecule has 0 aliphatic carbocycles. The number of carbonyl (C=O) groups is 2. The Bertz CT molecular complexity index is 801. The number of benzene rings is 1. The topological polar surface area (TPSA) is 74.7 Å². The molecule has 2 heterocycles. The van der Waals surface area contributed by atoms with E-state index in [2.05, 4.69) is 15.4 Å². The predicted octanol–water partition coefficient (Wildman–Crippen LogP) is 2.87. The van der Waals surface area contributed by atoms with E-state index in [4.69, 9.17) is 0 Å². The van der Waals surface area contributed by atoms with Crippen LogP contribution in [0.5, 0.6) is 0 Å². The highest BCUT2D eigenvalue weighted by Gasteiger charge is 2.22. The van der Waals surface area contributed by atoms with Crippen LogP contribution in [0.2, 0.25) is 0 Å². The first kappa shape index (κ1) is 16.6. The largest absolute Gasteiger partial charge is 0.292 e. The third-order valence-corrected chi connectivity index (χ3v) is 3.71. The Morgan fingerprint density at radius 1 is 1.08 bits per heavy atom. The Kier molecular flexibility index (Phi) is 5.31. The van der Waals surface area contributed by atoms with E-state index >= 15 is 0 Å². The van der Waals surface area contributed by atoms with E-state index in [0.717, 1.165) is 0 Å². The van der Waals surface area contributed by atoms with E-state index < -0.39 is 0 Å². The molecule has 0 fully saturated rings. The van der Waals surface area contributed by atoms with Gasteiger partial charge in [-0.15, -0.1) is 0 Å². The first-order valence-electron chi connectivity index (χ1n) is 8.02. The molecule has 0 saturated carbocycles. The van der Waals surface area contributed by atoms with Crippen LogP contribution in [0.25, 0.3) is 0 Å². The molecule has 25 heavy (non-hydrogen) atoms. The molecule has 0 unspecified atom stereocenters. The second-order valence-corrected chi connectivity index (χ2v) is 5.53. The molecule has 0 bridgehead atoms. The van der Waals surface area contributed by atoms with Gasteiger partial charge in [0.25, 0.3) is 5.91 Å². The van der Waals surface area contributed by atoms with Gasteiger partial charge in [-0.25, -0.2) is 9.99 Å². The fraction of sp³-hybridized carbons (Fsp3) is 0.158. The van der Waals surface area contributed by atoms with Crippen molar-refractivity contribution in [2.75, 3.05) is 12.0 Å². The summed E-state index contributed by atoms with van der Waals surface area (Å²) in [5.41, 5.74) is 4.05. The van der Waals surface area contributed by atoms with Gasteiger partial charge < -0.3 is 0 Å². The number of hydrazine groups is 1. The smallest absolute Gasteiger partial charge is 0.270 e. The third-order valence-electron chi connectivity index (χ3n) is 3.71. The van der Waals surface area contributed by atoms with Gasteiger partial charge in [0.05, 0.1) is 0 Å². The van der Waals surface area contributed by atoms with Gasteiger partial charge in [0.15, 0.2) is 5.78 Å². The minimum atomic E-state index is -0.271. The number of carbonyl (C=O) groups excluding carboxylic acids is 2. The van der Waals surface area contributed by atoms with Crippen LogP contribution in [0.4, 0.5) is 5.82 Å². The number of pyridine rings is 1. The molecule has 3 rings (SSSR count). The second kappa shape index (κ2) is 8.01. The molecule has 1 aromatic carbocycles. The van der Waals surface area contributed by atoms with E-state index in [1.54, 1.807) is 61.1 Å². The summed E-state index contributed by atoms with van der Waals surface area (Å²) in [5.74, 6) is 0.0701. The lowest BCUT2D eigenvalue weighted by molar-refractivity contribution is -0.125. The third kappa shape index (κ3) is 4.38. The highest BCUT2D eigenvalue weighted by atomic mass is 16.2. The zero-order chi connectivity index (χ0) is 17.5. The SMILES string of the molecule is O=C(CN(Nc1ccccn1)C(=O)C1=CN=CCC1)c1ccccc1. The quantitative estimate of drug-likeness (QED) is 0.651. The maximum Gasteiger partial charge on any atom is 0.270 e. The summed E-state index contributed by atoms with van der Waals surface area (Å²) in [6, 6.07) is 14.2. The number of hydrogen-bond acceptors (Lipinski definition) is 5. The molecular formula is C19H18N4O2. The average molecular weight is 334 g/mol. The monoisotopic (exact) mass is 334 g/mol. The van der Waals surface area contributed by atoms with Crippen LogP contribution in [-0.4, -0.2) is 34.4 Å². The molecule has 0 radical (unpaired) electrons. The number of aliphatic imine (C=N–C) groups is 1. The molecule has 1 aliphatic rings. The van der Waals surface area contributed by atoms with Gasteiger partial charge >= 0.3 is 0 Å². The highest BCUT2D eigenvalue weighted by Crippen LogP contribution is 2.15. The van der Waals surface area contributed by atoms with E-state index in [1.165, 1.54) is 5.01 Å². The van der Waals surface area contributed by atoms with E-state index in [-0.39, 0.29) is 18.2 Å². The maximum atomic E-state index is 12.8. The van der Waals surface area contributed by atoms with Crippen molar-refractivity contribution in [3.05, 3.63) is 72.1 Å². The van der Waals surface area contributed by atoms with Gasteiger partial charge in [-0.1, -0.05) is 36.4 Å². The Morgan fingerprint density at radius 2 is 1.88 bits per heavy atom. The van der Waals surface area contributed by atoms with Crippen LogP contribution in [0.3, 0.4) is 0 Å². The zero-order valence-corrected chi connectivity index (χ0v) is 13.6. The van der Waals surface area contributed by atoms with Crippen molar-refractivity contribution < 1.29 is 9.59 Å². The van der Waals surface area contributed by atoms with Gasteiger partial charge in [-0.3, -0.25) is 20.0 Å². The molecule has 0 saturated heterocycles. The minimum Gasteiger partial charge on any atom is -0.292 e. The van der Waals surface area contributed by atoms with Gasteiger partial charge in [0, 0.05) is 29.7 Å². The lowest BCUT2D eigenvalue weighted by Crippen LogP contribution is -2.41. The summed E-state index contributed by atoms with van der Waals surface area (Å²) in [7, 11) is 0. The van der Waals surface area contributed by atoms with Crippen molar-refractivity contribution in [3.8, 4) is 0 Å². The van der Waals surface area contributed by atoms with Gasteiger partial charge in [-0.05, 0) is 25.0 Å². The van der Waals surface area contributed by atoms with Gasteiger partial charge in [0.2, 0.25) is 0 Å². The Hall–Kier alpha value is -3.28. The highest BCUT2D eigenvalue weighted by molar-refractivity contribution is 6.02. The molecule has 0 spiro atoms. The number of amides is 1. The van der Waals surface area contributed by atoms with Crippen LogP contribution in [0.1, 0.15) is 23.2 Å². The lowest BCUT2D eigenvalue weighted by atomic mass is 10.1. The van der Waals surface area contributed by atoms with Crippen molar-refractivity contribution in [2.24, 2.45) is 4.99 Å². The number of hydrogen-bond donors (Lipinski definition) is 1. The second-order valence-electron chi connectivity index (χ2n) is 5.53. The van der Waals surface area contributed by atoms with E-state index in [9.17, 15) is 9.59 Å². The van der Waals surface area contributed by atoms with Crippen LogP contribution >= 0.6 is 0 Å². The minimum absolute atomic E-state index is 0.0968. The molecule has 0 atom stereocenters. The summed E-state index contributed by atoms with van der Waals surface area (Å²) in [4.78, 5) is 33.5. The number of Topliss-reactive ketones (excluding diaryl/α,β-unsaturated/α-hetero) is 1. The van der Waals surface area contributed by atoms with Crippen molar-refractivity contribution in [1.29, 1.82) is 0 Å². The molecule has 2 aromatic rings. The lowest BCUT2D eigenvalue weighted by Gasteiger charge is -2.24. The molecule has 1 aromatic heterocycles. The van der Waals surface area contributed by atoms with Crippen LogP contribution < -0.4 is 5.43 Å². The molecule has 126 valence electrons.